The maximum absolute atomic E-state index is 12.2. The van der Waals surface area contributed by atoms with Crippen molar-refractivity contribution in [3.63, 3.8) is 0 Å². The molecule has 2 aromatic rings. The molecule has 6 nitrogen and oxygen atoms in total. The summed E-state index contributed by atoms with van der Waals surface area (Å²) in [5.41, 5.74) is 2.34. The van der Waals surface area contributed by atoms with E-state index in [0.29, 0.717) is 16.3 Å². The highest BCUT2D eigenvalue weighted by Crippen LogP contribution is 2.23. The van der Waals surface area contributed by atoms with Gasteiger partial charge in [0.2, 0.25) is 5.91 Å². The number of carbonyl (C=O) groups excluding carboxylic acids is 3. The number of carbonyl (C=O) groups is 3. The summed E-state index contributed by atoms with van der Waals surface area (Å²) in [5.74, 6) is -1.35. The van der Waals surface area contributed by atoms with Crippen molar-refractivity contribution in [3.8, 4) is 0 Å². The molecule has 0 saturated heterocycles. The van der Waals surface area contributed by atoms with E-state index < -0.39 is 24.5 Å². The highest BCUT2D eigenvalue weighted by Gasteiger charge is 2.19. The molecule has 2 rings (SSSR count). The molecular weight excluding hydrogens is 448 g/mol. The molecule has 0 heterocycles. The number of hydrogen-bond donors (Lipinski definition) is 2. The first kappa shape index (κ1) is 21.9. The number of halogens is 2. The minimum absolute atomic E-state index is 0.108. The highest BCUT2D eigenvalue weighted by molar-refractivity contribution is 9.10. The van der Waals surface area contributed by atoms with Crippen LogP contribution in [0.2, 0.25) is 5.02 Å². The molecule has 0 aromatic heterocycles. The molecule has 0 radical (unpaired) electrons. The predicted molar refractivity (Wildman–Crippen MR) is 111 cm³/mol. The molecule has 2 N–H and O–H groups in total. The number of nitrogens with one attached hydrogen (secondary N) is 2. The van der Waals surface area contributed by atoms with Gasteiger partial charge in [-0.05, 0) is 58.2 Å². The Hall–Kier alpha value is -2.38. The Kier molecular flexibility index (Phi) is 8.02. The van der Waals surface area contributed by atoms with Crippen molar-refractivity contribution in [3.05, 3.63) is 63.1 Å². The molecule has 1 atom stereocenters. The Morgan fingerprint density at radius 2 is 1.82 bits per heavy atom. The molecule has 0 bridgehead atoms. The predicted octanol–water partition coefficient (Wildman–Crippen LogP) is 4.16. The average molecular weight is 468 g/mol. The van der Waals surface area contributed by atoms with Crippen molar-refractivity contribution in [2.75, 3.05) is 11.9 Å². The van der Waals surface area contributed by atoms with Gasteiger partial charge in [0.25, 0.3) is 5.91 Å². The lowest BCUT2D eigenvalue weighted by Crippen LogP contribution is -2.29. The second-order valence-corrected chi connectivity index (χ2v) is 7.49. The number of anilines is 1. The van der Waals surface area contributed by atoms with Crippen LogP contribution >= 0.6 is 27.5 Å². The van der Waals surface area contributed by atoms with Crippen LogP contribution in [0.4, 0.5) is 5.69 Å². The van der Waals surface area contributed by atoms with Gasteiger partial charge >= 0.3 is 5.97 Å². The van der Waals surface area contributed by atoms with Gasteiger partial charge in [-0.1, -0.05) is 29.8 Å². The van der Waals surface area contributed by atoms with Crippen LogP contribution in [0.3, 0.4) is 0 Å². The van der Waals surface area contributed by atoms with Crippen LogP contribution in [-0.4, -0.2) is 24.4 Å². The van der Waals surface area contributed by atoms with Crippen molar-refractivity contribution < 1.29 is 19.1 Å². The quantitative estimate of drug-likeness (QED) is 0.599. The number of esters is 1. The monoisotopic (exact) mass is 466 g/mol. The third-order valence-electron chi connectivity index (χ3n) is 3.78. The number of benzene rings is 2. The van der Waals surface area contributed by atoms with Gasteiger partial charge in [-0.3, -0.25) is 14.4 Å². The number of amides is 2. The van der Waals surface area contributed by atoms with Gasteiger partial charge in [0.05, 0.1) is 18.2 Å². The van der Waals surface area contributed by atoms with Crippen LogP contribution in [0.1, 0.15) is 30.5 Å². The van der Waals surface area contributed by atoms with E-state index in [2.05, 4.69) is 26.6 Å². The third kappa shape index (κ3) is 6.98. The van der Waals surface area contributed by atoms with E-state index >= 15 is 0 Å². The molecule has 148 valence electrons. The molecule has 1 unspecified atom stereocenters. The van der Waals surface area contributed by atoms with E-state index in [0.717, 1.165) is 10.0 Å². The van der Waals surface area contributed by atoms with Crippen molar-refractivity contribution >= 4 is 51.0 Å². The Morgan fingerprint density at radius 3 is 2.43 bits per heavy atom. The van der Waals surface area contributed by atoms with E-state index in [1.165, 1.54) is 6.92 Å². The summed E-state index contributed by atoms with van der Waals surface area (Å²) in [6.07, 6.45) is -0.108. The van der Waals surface area contributed by atoms with Crippen LogP contribution in [0.25, 0.3) is 0 Å². The molecule has 8 heteroatoms. The van der Waals surface area contributed by atoms with Crippen molar-refractivity contribution in [1.29, 1.82) is 0 Å². The van der Waals surface area contributed by atoms with Gasteiger partial charge in [-0.15, -0.1) is 0 Å². The van der Waals surface area contributed by atoms with Gasteiger partial charge in [0.1, 0.15) is 0 Å². The smallest absolute Gasteiger partial charge is 0.308 e. The second-order valence-electron chi connectivity index (χ2n) is 6.20. The first-order chi connectivity index (χ1) is 13.2. The van der Waals surface area contributed by atoms with Gasteiger partial charge in [0.15, 0.2) is 6.61 Å². The molecule has 2 aromatic carbocycles. The zero-order valence-corrected chi connectivity index (χ0v) is 17.8. The van der Waals surface area contributed by atoms with Gasteiger partial charge < -0.3 is 15.4 Å². The van der Waals surface area contributed by atoms with Gasteiger partial charge in [-0.2, -0.15) is 0 Å². The molecule has 2 amide bonds. The Morgan fingerprint density at radius 1 is 1.14 bits per heavy atom. The maximum Gasteiger partial charge on any atom is 0.308 e. The van der Waals surface area contributed by atoms with E-state index in [-0.39, 0.29) is 12.3 Å². The molecule has 0 saturated carbocycles. The highest BCUT2D eigenvalue weighted by atomic mass is 79.9. The first-order valence-electron chi connectivity index (χ1n) is 8.49. The summed E-state index contributed by atoms with van der Waals surface area (Å²) in [7, 11) is 0. The lowest BCUT2D eigenvalue weighted by atomic mass is 10.0. The average Bonchev–Trinajstić information content (AvgIpc) is 2.62. The fourth-order valence-electron chi connectivity index (χ4n) is 2.47. The molecule has 0 aliphatic carbocycles. The van der Waals surface area contributed by atoms with E-state index in [4.69, 9.17) is 16.3 Å². The third-order valence-corrected chi connectivity index (χ3v) is 4.69. The van der Waals surface area contributed by atoms with E-state index in [1.807, 2.05) is 19.1 Å². The van der Waals surface area contributed by atoms with Crippen molar-refractivity contribution in [1.82, 2.24) is 5.32 Å². The Labute approximate surface area is 176 Å². The van der Waals surface area contributed by atoms with E-state index in [9.17, 15) is 14.4 Å². The summed E-state index contributed by atoms with van der Waals surface area (Å²) in [6, 6.07) is 11.7. The summed E-state index contributed by atoms with van der Waals surface area (Å²) >= 11 is 9.24. The van der Waals surface area contributed by atoms with Crippen LogP contribution in [0.15, 0.2) is 46.9 Å². The minimum Gasteiger partial charge on any atom is -0.455 e. The topological polar surface area (TPSA) is 84.5 Å². The maximum atomic E-state index is 12.2. The zero-order valence-electron chi connectivity index (χ0n) is 15.4. The fourth-order valence-corrected chi connectivity index (χ4v) is 3.19. The Bertz CT molecular complexity index is 871. The first-order valence-corrected chi connectivity index (χ1v) is 9.66. The van der Waals surface area contributed by atoms with Crippen molar-refractivity contribution in [2.45, 2.75) is 26.3 Å². The number of rotatable bonds is 7. The van der Waals surface area contributed by atoms with Crippen molar-refractivity contribution in [2.24, 2.45) is 0 Å². The lowest BCUT2D eigenvalue weighted by molar-refractivity contribution is -0.148. The van der Waals surface area contributed by atoms with Crippen LogP contribution in [0.5, 0.6) is 0 Å². The number of hydrogen-bond acceptors (Lipinski definition) is 4. The normalized spacial score (nSPS) is 11.4. The summed E-state index contributed by atoms with van der Waals surface area (Å²) in [5, 5.41) is 5.91. The van der Waals surface area contributed by atoms with Crippen LogP contribution in [-0.2, 0) is 19.1 Å². The number of aryl methyl sites for hydroxylation is 1. The molecule has 0 aliphatic rings. The molecule has 0 spiro atoms. The summed E-state index contributed by atoms with van der Waals surface area (Å²) < 4.78 is 5.79. The van der Waals surface area contributed by atoms with Crippen LogP contribution < -0.4 is 10.6 Å². The Balaban J connectivity index is 1.92. The molecule has 0 aliphatic heterocycles. The number of ether oxygens (including phenoxy) is 1. The molecular formula is C20H20BrClN2O4. The largest absolute Gasteiger partial charge is 0.455 e. The summed E-state index contributed by atoms with van der Waals surface area (Å²) in [6.45, 7) is 2.87. The van der Waals surface area contributed by atoms with E-state index in [1.54, 1.807) is 30.3 Å². The fraction of sp³-hybridized carbons (Fsp3) is 0.250. The molecule has 28 heavy (non-hydrogen) atoms. The van der Waals surface area contributed by atoms with Gasteiger partial charge in [-0.25, -0.2) is 0 Å². The second kappa shape index (κ2) is 10.2. The van der Waals surface area contributed by atoms with Crippen LogP contribution in [0, 0.1) is 6.92 Å². The standard InChI is InChI=1S/C20H20BrClN2O4/c1-12-3-8-17(16(21)9-12)24-19(26)11-28-20(27)10-18(23-13(2)25)14-4-6-15(22)7-5-14/h3-9,18H,10-11H2,1-2H3,(H,23,25)(H,24,26). The SMILES string of the molecule is CC(=O)NC(CC(=O)OCC(=O)Nc1ccc(C)cc1Br)c1ccc(Cl)cc1. The zero-order chi connectivity index (χ0) is 20.7. The summed E-state index contributed by atoms with van der Waals surface area (Å²) in [4.78, 5) is 35.6. The molecule has 0 fully saturated rings. The van der Waals surface area contributed by atoms with Gasteiger partial charge in [0, 0.05) is 16.4 Å². The minimum atomic E-state index is -0.605. The lowest BCUT2D eigenvalue weighted by Gasteiger charge is -2.18.